The van der Waals surface area contributed by atoms with E-state index in [9.17, 15) is 13.2 Å². The van der Waals surface area contributed by atoms with Gasteiger partial charge in [-0.25, -0.2) is 8.42 Å². The Morgan fingerprint density at radius 2 is 2.08 bits per heavy atom. The van der Waals surface area contributed by atoms with Crippen molar-refractivity contribution in [3.05, 3.63) is 47.8 Å². The van der Waals surface area contributed by atoms with Gasteiger partial charge in [-0.3, -0.25) is 9.48 Å². The van der Waals surface area contributed by atoms with Gasteiger partial charge < -0.3 is 0 Å². The van der Waals surface area contributed by atoms with E-state index in [1.807, 2.05) is 13.2 Å². The lowest BCUT2D eigenvalue weighted by molar-refractivity contribution is 0.101. The number of nitrogens with zero attached hydrogens (tertiary/aromatic N) is 3. The first-order chi connectivity index (χ1) is 11.4. The first-order valence-electron chi connectivity index (χ1n) is 8.01. The summed E-state index contributed by atoms with van der Waals surface area (Å²) in [5.74, 6) is -0.144. The van der Waals surface area contributed by atoms with Crippen molar-refractivity contribution in [2.24, 2.45) is 7.05 Å². The van der Waals surface area contributed by atoms with Gasteiger partial charge in [-0.05, 0) is 31.9 Å². The van der Waals surface area contributed by atoms with Crippen molar-refractivity contribution in [3.8, 4) is 0 Å². The fourth-order valence-corrected chi connectivity index (χ4v) is 4.88. The number of Topliss-reactive ketones (excluding diaryl/α,β-unsaturated/α-hetero) is 1. The van der Waals surface area contributed by atoms with Crippen LogP contribution in [0.4, 0.5) is 0 Å². The lowest BCUT2D eigenvalue weighted by Crippen LogP contribution is -2.38. The molecule has 1 aliphatic rings. The minimum absolute atomic E-state index is 0.144. The summed E-state index contributed by atoms with van der Waals surface area (Å²) in [6, 6.07) is 6.06. The molecule has 0 saturated carbocycles. The van der Waals surface area contributed by atoms with Crippen molar-refractivity contribution < 1.29 is 13.2 Å². The van der Waals surface area contributed by atoms with Crippen molar-refractivity contribution in [2.75, 3.05) is 6.54 Å². The normalized spacial score (nSPS) is 19.3. The molecule has 0 N–H and O–H groups in total. The molecular weight excluding hydrogens is 326 g/mol. The second-order valence-corrected chi connectivity index (χ2v) is 8.05. The van der Waals surface area contributed by atoms with E-state index in [0.29, 0.717) is 12.1 Å². The van der Waals surface area contributed by atoms with Crippen LogP contribution in [0.25, 0.3) is 0 Å². The van der Waals surface area contributed by atoms with Crippen LogP contribution in [0.2, 0.25) is 0 Å². The second kappa shape index (κ2) is 6.49. The SMILES string of the molecule is CC(=O)c1cccc(S(=O)(=O)N2CCCC[C@@H]2c2cnn(C)c2)c1. The van der Waals surface area contributed by atoms with E-state index in [1.54, 1.807) is 33.4 Å². The van der Waals surface area contributed by atoms with Crippen LogP contribution in [0.15, 0.2) is 41.6 Å². The van der Waals surface area contributed by atoms with Crippen LogP contribution in [0, 0.1) is 0 Å². The molecule has 1 atom stereocenters. The predicted octanol–water partition coefficient (Wildman–Crippen LogP) is 2.54. The average molecular weight is 347 g/mol. The van der Waals surface area contributed by atoms with Gasteiger partial charge in [0, 0.05) is 30.9 Å². The van der Waals surface area contributed by atoms with Gasteiger partial charge in [0.05, 0.1) is 17.1 Å². The fraction of sp³-hybridized carbons (Fsp3) is 0.412. The van der Waals surface area contributed by atoms with E-state index in [4.69, 9.17) is 0 Å². The molecule has 1 aliphatic heterocycles. The molecule has 1 fully saturated rings. The highest BCUT2D eigenvalue weighted by Crippen LogP contribution is 2.35. The third-order valence-electron chi connectivity index (χ3n) is 4.41. The summed E-state index contributed by atoms with van der Waals surface area (Å²) in [6.45, 7) is 1.91. The molecule has 1 aromatic carbocycles. The Morgan fingerprint density at radius 3 is 2.75 bits per heavy atom. The first kappa shape index (κ1) is 16.9. The molecule has 0 bridgehead atoms. The molecule has 2 aromatic rings. The predicted molar refractivity (Wildman–Crippen MR) is 90.1 cm³/mol. The zero-order valence-corrected chi connectivity index (χ0v) is 14.7. The summed E-state index contributed by atoms with van der Waals surface area (Å²) >= 11 is 0. The van der Waals surface area contributed by atoms with Gasteiger partial charge in [-0.15, -0.1) is 0 Å². The standard InChI is InChI=1S/C17H21N3O3S/c1-13(21)14-6-5-7-16(10-14)24(22,23)20-9-4-3-8-17(20)15-11-18-19(2)12-15/h5-7,10-12,17H,3-4,8-9H2,1-2H3/t17-/m1/s1. The van der Waals surface area contributed by atoms with Gasteiger partial charge in [0.2, 0.25) is 10.0 Å². The molecule has 0 amide bonds. The number of piperidine rings is 1. The molecule has 2 heterocycles. The van der Waals surface area contributed by atoms with Crippen LogP contribution in [0.1, 0.15) is 48.1 Å². The fourth-order valence-electron chi connectivity index (χ4n) is 3.15. The van der Waals surface area contributed by atoms with E-state index in [0.717, 1.165) is 24.8 Å². The molecule has 0 aliphatic carbocycles. The molecule has 0 radical (unpaired) electrons. The molecule has 6 nitrogen and oxygen atoms in total. The van der Waals surface area contributed by atoms with Gasteiger partial charge in [0.15, 0.2) is 5.78 Å². The highest BCUT2D eigenvalue weighted by atomic mass is 32.2. The maximum absolute atomic E-state index is 13.1. The van der Waals surface area contributed by atoms with Crippen LogP contribution in [0.3, 0.4) is 0 Å². The minimum Gasteiger partial charge on any atom is -0.295 e. The van der Waals surface area contributed by atoms with Crippen LogP contribution in [0.5, 0.6) is 0 Å². The Hall–Kier alpha value is -1.99. The van der Waals surface area contributed by atoms with Gasteiger partial charge in [0.25, 0.3) is 0 Å². The number of sulfonamides is 1. The minimum atomic E-state index is -3.66. The maximum atomic E-state index is 13.1. The molecular formula is C17H21N3O3S. The molecule has 7 heteroatoms. The Labute approximate surface area is 142 Å². The van der Waals surface area contributed by atoms with Gasteiger partial charge >= 0.3 is 0 Å². The number of benzene rings is 1. The Morgan fingerprint density at radius 1 is 1.29 bits per heavy atom. The quantitative estimate of drug-likeness (QED) is 0.797. The number of aromatic nitrogens is 2. The molecule has 3 rings (SSSR count). The van der Waals surface area contributed by atoms with E-state index < -0.39 is 10.0 Å². The maximum Gasteiger partial charge on any atom is 0.243 e. The molecule has 0 spiro atoms. The molecule has 1 saturated heterocycles. The van der Waals surface area contributed by atoms with Gasteiger partial charge in [0.1, 0.15) is 0 Å². The van der Waals surface area contributed by atoms with E-state index in [-0.39, 0.29) is 16.7 Å². The Bertz CT molecular complexity index is 857. The summed E-state index contributed by atoms with van der Waals surface area (Å²) < 4.78 is 29.5. The van der Waals surface area contributed by atoms with Crippen molar-refractivity contribution in [1.29, 1.82) is 0 Å². The van der Waals surface area contributed by atoms with Crippen molar-refractivity contribution in [2.45, 2.75) is 37.1 Å². The lowest BCUT2D eigenvalue weighted by atomic mass is 10.0. The first-order valence-corrected chi connectivity index (χ1v) is 9.45. The third kappa shape index (κ3) is 3.14. The van der Waals surface area contributed by atoms with Crippen LogP contribution in [-0.2, 0) is 17.1 Å². The highest BCUT2D eigenvalue weighted by Gasteiger charge is 2.35. The van der Waals surface area contributed by atoms with E-state index in [1.165, 1.54) is 13.0 Å². The lowest BCUT2D eigenvalue weighted by Gasteiger charge is -2.34. The van der Waals surface area contributed by atoms with Gasteiger partial charge in [-0.1, -0.05) is 18.6 Å². The van der Waals surface area contributed by atoms with Crippen LogP contribution in [-0.4, -0.2) is 34.8 Å². The van der Waals surface area contributed by atoms with Crippen molar-refractivity contribution >= 4 is 15.8 Å². The number of hydrogen-bond acceptors (Lipinski definition) is 4. The van der Waals surface area contributed by atoms with Crippen molar-refractivity contribution in [1.82, 2.24) is 14.1 Å². The zero-order chi connectivity index (χ0) is 17.3. The summed E-state index contributed by atoms with van der Waals surface area (Å²) in [4.78, 5) is 11.7. The zero-order valence-electron chi connectivity index (χ0n) is 13.8. The molecule has 128 valence electrons. The number of ketones is 1. The summed E-state index contributed by atoms with van der Waals surface area (Å²) in [7, 11) is -1.84. The summed E-state index contributed by atoms with van der Waals surface area (Å²) in [6.07, 6.45) is 6.19. The Balaban J connectivity index is 2.00. The van der Waals surface area contributed by atoms with Gasteiger partial charge in [-0.2, -0.15) is 9.40 Å². The van der Waals surface area contributed by atoms with E-state index >= 15 is 0 Å². The molecule has 0 unspecified atom stereocenters. The average Bonchev–Trinajstić information content (AvgIpc) is 3.01. The second-order valence-electron chi connectivity index (χ2n) is 6.16. The highest BCUT2D eigenvalue weighted by molar-refractivity contribution is 7.89. The summed E-state index contributed by atoms with van der Waals surface area (Å²) in [5.41, 5.74) is 1.31. The van der Waals surface area contributed by atoms with Crippen molar-refractivity contribution in [3.63, 3.8) is 0 Å². The Kier molecular flexibility index (Phi) is 4.56. The number of aryl methyl sites for hydroxylation is 1. The third-order valence-corrected chi connectivity index (χ3v) is 6.31. The number of hydrogen-bond donors (Lipinski definition) is 0. The van der Waals surface area contributed by atoms with Crippen LogP contribution < -0.4 is 0 Å². The molecule has 1 aromatic heterocycles. The smallest absolute Gasteiger partial charge is 0.243 e. The molecule has 24 heavy (non-hydrogen) atoms. The topological polar surface area (TPSA) is 72.3 Å². The van der Waals surface area contributed by atoms with E-state index in [2.05, 4.69) is 5.10 Å². The summed E-state index contributed by atoms with van der Waals surface area (Å²) in [5, 5.41) is 4.17. The monoisotopic (exact) mass is 347 g/mol. The number of carbonyl (C=O) groups is 1. The van der Waals surface area contributed by atoms with Crippen LogP contribution >= 0.6 is 0 Å². The largest absolute Gasteiger partial charge is 0.295 e. The number of carbonyl (C=O) groups excluding carboxylic acids is 1. The number of rotatable bonds is 4.